The molecule has 0 radical (unpaired) electrons. The molecule has 0 saturated carbocycles. The second-order valence-corrected chi connectivity index (χ2v) is 4.48. The molecule has 0 aliphatic carbocycles. The van der Waals surface area contributed by atoms with Crippen molar-refractivity contribution >= 4 is 23.4 Å². The molecular weight excluding hydrogens is 277 g/mol. The van der Waals surface area contributed by atoms with Gasteiger partial charge in [-0.3, -0.25) is 0 Å². The normalized spacial score (nSPS) is 10.4. The standard InChI is InChI=1S/C11H9ClFN3OS/c1-2-17-10-14-9(12)15-11(16-10)18-8-6-4-3-5-7(8)13/h3-6H,2H2,1H3. The molecular formula is C11H9ClFN3OS. The van der Waals surface area contributed by atoms with Crippen molar-refractivity contribution in [3.05, 3.63) is 35.4 Å². The van der Waals surface area contributed by atoms with Gasteiger partial charge in [-0.2, -0.15) is 15.0 Å². The summed E-state index contributed by atoms with van der Waals surface area (Å²) in [5.74, 6) is -0.336. The van der Waals surface area contributed by atoms with Crippen LogP contribution in [0.25, 0.3) is 0 Å². The van der Waals surface area contributed by atoms with Crippen molar-refractivity contribution in [2.24, 2.45) is 0 Å². The molecule has 0 fully saturated rings. The maximum absolute atomic E-state index is 13.5. The van der Waals surface area contributed by atoms with E-state index >= 15 is 0 Å². The Bertz CT molecular complexity index is 556. The van der Waals surface area contributed by atoms with E-state index in [4.69, 9.17) is 16.3 Å². The van der Waals surface area contributed by atoms with E-state index in [1.54, 1.807) is 25.1 Å². The van der Waals surface area contributed by atoms with Crippen LogP contribution in [0, 0.1) is 5.82 Å². The molecule has 0 bridgehead atoms. The van der Waals surface area contributed by atoms with Crippen LogP contribution in [0.5, 0.6) is 6.01 Å². The van der Waals surface area contributed by atoms with Gasteiger partial charge in [-0.25, -0.2) is 4.39 Å². The van der Waals surface area contributed by atoms with Crippen LogP contribution >= 0.6 is 23.4 Å². The first-order valence-corrected chi connectivity index (χ1v) is 6.35. The third-order valence-electron chi connectivity index (χ3n) is 1.88. The van der Waals surface area contributed by atoms with Crippen LogP contribution < -0.4 is 4.74 Å². The fraction of sp³-hybridized carbons (Fsp3) is 0.182. The number of aromatic nitrogens is 3. The van der Waals surface area contributed by atoms with E-state index in [0.29, 0.717) is 16.7 Å². The summed E-state index contributed by atoms with van der Waals surface area (Å²) in [4.78, 5) is 12.2. The van der Waals surface area contributed by atoms with Gasteiger partial charge in [0.15, 0.2) is 5.16 Å². The highest BCUT2D eigenvalue weighted by Gasteiger charge is 2.09. The molecule has 1 heterocycles. The van der Waals surface area contributed by atoms with Gasteiger partial charge in [0.2, 0.25) is 5.28 Å². The average Bonchev–Trinajstić information content (AvgIpc) is 2.32. The molecule has 4 nitrogen and oxygen atoms in total. The molecule has 0 aliphatic heterocycles. The molecule has 0 unspecified atom stereocenters. The summed E-state index contributed by atoms with van der Waals surface area (Å²) in [5.41, 5.74) is 0. The second-order valence-electron chi connectivity index (χ2n) is 3.14. The monoisotopic (exact) mass is 285 g/mol. The van der Waals surface area contributed by atoms with E-state index < -0.39 is 0 Å². The quantitative estimate of drug-likeness (QED) is 0.863. The molecule has 1 aromatic heterocycles. The van der Waals surface area contributed by atoms with Crippen LogP contribution in [-0.2, 0) is 0 Å². The summed E-state index contributed by atoms with van der Waals surface area (Å²) in [6, 6.07) is 6.49. The molecule has 2 aromatic rings. The van der Waals surface area contributed by atoms with Gasteiger partial charge in [-0.05, 0) is 42.4 Å². The predicted molar refractivity (Wildman–Crippen MR) is 66.5 cm³/mol. The van der Waals surface area contributed by atoms with Gasteiger partial charge in [0.1, 0.15) is 5.82 Å². The first-order chi connectivity index (χ1) is 8.69. The van der Waals surface area contributed by atoms with E-state index in [9.17, 15) is 4.39 Å². The van der Waals surface area contributed by atoms with Crippen molar-refractivity contribution in [2.45, 2.75) is 17.0 Å². The minimum atomic E-state index is -0.336. The Hall–Kier alpha value is -1.40. The lowest BCUT2D eigenvalue weighted by molar-refractivity contribution is 0.307. The highest BCUT2D eigenvalue weighted by Crippen LogP contribution is 2.28. The smallest absolute Gasteiger partial charge is 0.321 e. The molecule has 18 heavy (non-hydrogen) atoms. The third kappa shape index (κ3) is 3.30. The molecule has 94 valence electrons. The summed E-state index contributed by atoms with van der Waals surface area (Å²) < 4.78 is 18.6. The molecule has 0 amide bonds. The number of halogens is 2. The summed E-state index contributed by atoms with van der Waals surface area (Å²) >= 11 is 6.81. The van der Waals surface area contributed by atoms with E-state index in [2.05, 4.69) is 15.0 Å². The van der Waals surface area contributed by atoms with Crippen LogP contribution in [0.3, 0.4) is 0 Å². The van der Waals surface area contributed by atoms with Crippen LogP contribution in [0.1, 0.15) is 6.92 Å². The van der Waals surface area contributed by atoms with Gasteiger partial charge in [0.25, 0.3) is 0 Å². The zero-order valence-electron chi connectivity index (χ0n) is 9.43. The Morgan fingerprint density at radius 3 is 2.78 bits per heavy atom. The fourth-order valence-corrected chi connectivity index (χ4v) is 2.15. The minimum Gasteiger partial charge on any atom is -0.464 e. The van der Waals surface area contributed by atoms with Crippen molar-refractivity contribution in [3.63, 3.8) is 0 Å². The largest absolute Gasteiger partial charge is 0.464 e. The van der Waals surface area contributed by atoms with Crippen molar-refractivity contribution in [1.29, 1.82) is 0 Å². The highest BCUT2D eigenvalue weighted by molar-refractivity contribution is 7.99. The number of nitrogens with zero attached hydrogens (tertiary/aromatic N) is 3. The van der Waals surface area contributed by atoms with Gasteiger partial charge < -0.3 is 4.74 Å². The number of hydrogen-bond acceptors (Lipinski definition) is 5. The van der Waals surface area contributed by atoms with Gasteiger partial charge in [0, 0.05) is 0 Å². The maximum atomic E-state index is 13.5. The highest BCUT2D eigenvalue weighted by atomic mass is 35.5. The molecule has 0 aliphatic rings. The third-order valence-corrected chi connectivity index (χ3v) is 2.96. The second kappa shape index (κ2) is 5.97. The van der Waals surface area contributed by atoms with E-state index in [0.717, 1.165) is 11.8 Å². The van der Waals surface area contributed by atoms with Crippen LogP contribution in [0.4, 0.5) is 4.39 Å². The Kier molecular flexibility index (Phi) is 4.33. The SMILES string of the molecule is CCOc1nc(Cl)nc(Sc2ccccc2F)n1. The molecule has 2 rings (SSSR count). The Morgan fingerprint density at radius 2 is 2.06 bits per heavy atom. The van der Waals surface area contributed by atoms with Crippen molar-refractivity contribution in [1.82, 2.24) is 15.0 Å². The molecule has 0 spiro atoms. The minimum absolute atomic E-state index is 0.0206. The molecule has 7 heteroatoms. The van der Waals surface area contributed by atoms with Crippen molar-refractivity contribution in [2.75, 3.05) is 6.61 Å². The number of hydrogen-bond donors (Lipinski definition) is 0. The lowest BCUT2D eigenvalue weighted by Gasteiger charge is -2.04. The lowest BCUT2D eigenvalue weighted by atomic mass is 10.4. The summed E-state index contributed by atoms with van der Waals surface area (Å²) in [6.07, 6.45) is 0. The fourth-order valence-electron chi connectivity index (χ4n) is 1.18. The number of ether oxygens (including phenoxy) is 1. The predicted octanol–water partition coefficient (Wildman–Crippen LogP) is 3.21. The summed E-state index contributed by atoms with van der Waals surface area (Å²) in [6.45, 7) is 2.23. The number of rotatable bonds is 4. The number of benzene rings is 1. The Morgan fingerprint density at radius 1 is 1.28 bits per heavy atom. The summed E-state index contributed by atoms with van der Waals surface area (Å²) in [5, 5.41) is 0.316. The lowest BCUT2D eigenvalue weighted by Crippen LogP contribution is -2.00. The Labute approximate surface area is 113 Å². The first kappa shape index (κ1) is 13.0. The van der Waals surface area contributed by atoms with Crippen molar-refractivity contribution < 1.29 is 9.13 Å². The maximum Gasteiger partial charge on any atom is 0.321 e. The van der Waals surface area contributed by atoms with Gasteiger partial charge >= 0.3 is 6.01 Å². The average molecular weight is 286 g/mol. The summed E-state index contributed by atoms with van der Waals surface area (Å²) in [7, 11) is 0. The molecule has 0 N–H and O–H groups in total. The van der Waals surface area contributed by atoms with Crippen LogP contribution in [0.15, 0.2) is 34.3 Å². The molecule has 0 saturated heterocycles. The van der Waals surface area contributed by atoms with Gasteiger partial charge in [-0.1, -0.05) is 12.1 Å². The van der Waals surface area contributed by atoms with Crippen LogP contribution in [-0.4, -0.2) is 21.6 Å². The van der Waals surface area contributed by atoms with E-state index in [1.807, 2.05) is 0 Å². The zero-order valence-corrected chi connectivity index (χ0v) is 11.0. The Balaban J connectivity index is 2.26. The van der Waals surface area contributed by atoms with Crippen LogP contribution in [0.2, 0.25) is 5.28 Å². The van der Waals surface area contributed by atoms with Gasteiger partial charge in [0.05, 0.1) is 11.5 Å². The van der Waals surface area contributed by atoms with E-state index in [-0.39, 0.29) is 17.1 Å². The first-order valence-electron chi connectivity index (χ1n) is 5.16. The van der Waals surface area contributed by atoms with E-state index in [1.165, 1.54) is 6.07 Å². The molecule has 0 atom stereocenters. The zero-order chi connectivity index (χ0) is 13.0. The molecule has 1 aromatic carbocycles. The topological polar surface area (TPSA) is 47.9 Å². The van der Waals surface area contributed by atoms with Crippen molar-refractivity contribution in [3.8, 4) is 6.01 Å². The van der Waals surface area contributed by atoms with Gasteiger partial charge in [-0.15, -0.1) is 0 Å².